The molecule has 2 aromatic rings. The summed E-state index contributed by atoms with van der Waals surface area (Å²) < 4.78 is 17.4. The van der Waals surface area contributed by atoms with Crippen LogP contribution >= 0.6 is 0 Å². The number of benzene rings is 2. The average molecular weight is 509 g/mol. The Morgan fingerprint density at radius 3 is 2.35 bits per heavy atom. The third-order valence-corrected chi connectivity index (χ3v) is 7.34. The first-order chi connectivity index (χ1) is 17.7. The second-order valence-electron chi connectivity index (χ2n) is 10.6. The molecule has 2 aromatic carbocycles. The zero-order chi connectivity index (χ0) is 26.6. The topological polar surface area (TPSA) is 68.3 Å². The molecule has 0 saturated carbocycles. The molecule has 4 rings (SSSR count). The van der Waals surface area contributed by atoms with E-state index in [2.05, 4.69) is 36.1 Å². The van der Waals surface area contributed by atoms with Gasteiger partial charge in [0.15, 0.2) is 6.10 Å². The van der Waals surface area contributed by atoms with Crippen molar-refractivity contribution in [1.29, 1.82) is 0 Å². The predicted octanol–water partition coefficient (Wildman–Crippen LogP) is 4.53. The third-order valence-electron chi connectivity index (χ3n) is 7.34. The quantitative estimate of drug-likeness (QED) is 0.464. The molecule has 2 fully saturated rings. The molecule has 7 heteroatoms. The van der Waals surface area contributed by atoms with Crippen molar-refractivity contribution >= 4 is 11.9 Å². The van der Waals surface area contributed by atoms with Gasteiger partial charge < -0.3 is 19.1 Å². The van der Waals surface area contributed by atoms with Gasteiger partial charge in [-0.1, -0.05) is 55.8 Å². The maximum Gasteiger partial charge on any atom is 0.339 e. The largest absolute Gasteiger partial charge is 0.494 e. The molecule has 2 aliphatic rings. The lowest BCUT2D eigenvalue weighted by Crippen LogP contribution is -2.62. The molecule has 2 saturated heterocycles. The summed E-state index contributed by atoms with van der Waals surface area (Å²) in [5.74, 6) is -0.935. The van der Waals surface area contributed by atoms with Gasteiger partial charge in [0, 0.05) is 46.1 Å². The van der Waals surface area contributed by atoms with Crippen LogP contribution in [0.1, 0.15) is 58.6 Å². The van der Waals surface area contributed by atoms with Crippen LogP contribution in [0, 0.1) is 0 Å². The third kappa shape index (κ3) is 5.68. The molecule has 2 heterocycles. The van der Waals surface area contributed by atoms with Crippen molar-refractivity contribution in [3.8, 4) is 5.75 Å². The molecule has 3 atom stereocenters. The Labute approximate surface area is 220 Å². The van der Waals surface area contributed by atoms with Crippen molar-refractivity contribution in [1.82, 2.24) is 9.80 Å². The lowest BCUT2D eigenvalue weighted by Gasteiger charge is -2.46. The Hall–Kier alpha value is -2.90. The van der Waals surface area contributed by atoms with Crippen molar-refractivity contribution in [3.05, 3.63) is 65.7 Å². The summed E-state index contributed by atoms with van der Waals surface area (Å²) in [6.45, 7) is 13.0. The van der Waals surface area contributed by atoms with Gasteiger partial charge in [-0.05, 0) is 43.5 Å². The Balaban J connectivity index is 1.66. The molecule has 0 N–H and O–H groups in total. The number of rotatable bonds is 9. The number of esters is 1. The van der Waals surface area contributed by atoms with Gasteiger partial charge in [0.25, 0.3) is 0 Å². The minimum absolute atomic E-state index is 0.0191. The molecule has 200 valence electrons. The Kier molecular flexibility index (Phi) is 8.24. The van der Waals surface area contributed by atoms with Gasteiger partial charge in [-0.25, -0.2) is 4.79 Å². The van der Waals surface area contributed by atoms with Crippen molar-refractivity contribution in [2.24, 2.45) is 0 Å². The van der Waals surface area contributed by atoms with Crippen LogP contribution in [0.4, 0.5) is 0 Å². The van der Waals surface area contributed by atoms with Gasteiger partial charge in [0.2, 0.25) is 11.7 Å². The molecule has 0 radical (unpaired) electrons. The van der Waals surface area contributed by atoms with Gasteiger partial charge in [-0.15, -0.1) is 0 Å². The fraction of sp³-hybridized carbons (Fsp3) is 0.533. The lowest BCUT2D eigenvalue weighted by molar-refractivity contribution is -0.165. The van der Waals surface area contributed by atoms with E-state index in [9.17, 15) is 9.59 Å². The van der Waals surface area contributed by atoms with Crippen LogP contribution in [0.5, 0.6) is 5.75 Å². The highest BCUT2D eigenvalue weighted by molar-refractivity contribution is 5.96. The molecule has 0 bridgehead atoms. The predicted molar refractivity (Wildman–Crippen MR) is 142 cm³/mol. The summed E-state index contributed by atoms with van der Waals surface area (Å²) in [6.07, 6.45) is 0.143. The minimum atomic E-state index is -1.19. The SMILES string of the molecule is CCCC(C(=O)N1CCN(Cc2ccccc2)C[C@@H]1C)(c1ccc(OCC)cc1)[C@@H]1OC(C)(C)OC1=O. The van der Waals surface area contributed by atoms with E-state index in [4.69, 9.17) is 14.2 Å². The molecule has 0 aromatic heterocycles. The highest BCUT2D eigenvalue weighted by atomic mass is 16.8. The van der Waals surface area contributed by atoms with Crippen LogP contribution in [-0.4, -0.2) is 65.9 Å². The summed E-state index contributed by atoms with van der Waals surface area (Å²) in [4.78, 5) is 32.2. The number of nitrogens with zero attached hydrogens (tertiary/aromatic N) is 2. The maximum absolute atomic E-state index is 14.6. The first-order valence-electron chi connectivity index (χ1n) is 13.4. The minimum Gasteiger partial charge on any atom is -0.494 e. The monoisotopic (exact) mass is 508 g/mol. The van der Waals surface area contributed by atoms with E-state index in [1.807, 2.05) is 49.1 Å². The number of piperazine rings is 1. The summed E-state index contributed by atoms with van der Waals surface area (Å²) >= 11 is 0. The number of carbonyl (C=O) groups excluding carboxylic acids is 2. The smallest absolute Gasteiger partial charge is 0.339 e. The van der Waals surface area contributed by atoms with Crippen molar-refractivity contribution in [2.45, 2.75) is 77.4 Å². The normalized spacial score (nSPS) is 23.4. The van der Waals surface area contributed by atoms with Crippen LogP contribution < -0.4 is 4.74 Å². The number of hydrogen-bond acceptors (Lipinski definition) is 6. The van der Waals surface area contributed by atoms with Gasteiger partial charge >= 0.3 is 5.97 Å². The van der Waals surface area contributed by atoms with Crippen LogP contribution in [-0.2, 0) is 31.0 Å². The first-order valence-corrected chi connectivity index (χ1v) is 13.4. The van der Waals surface area contributed by atoms with Gasteiger partial charge in [-0.3, -0.25) is 9.69 Å². The zero-order valence-corrected chi connectivity index (χ0v) is 22.7. The highest BCUT2D eigenvalue weighted by Gasteiger charge is 2.59. The van der Waals surface area contributed by atoms with Crippen LogP contribution in [0.2, 0.25) is 0 Å². The van der Waals surface area contributed by atoms with Crippen LogP contribution in [0.25, 0.3) is 0 Å². The Morgan fingerprint density at radius 2 is 1.78 bits per heavy atom. The van der Waals surface area contributed by atoms with Gasteiger partial charge in [0.05, 0.1) is 6.61 Å². The van der Waals surface area contributed by atoms with E-state index in [0.717, 1.165) is 30.9 Å². The fourth-order valence-electron chi connectivity index (χ4n) is 5.71. The standard InChI is InChI=1S/C30H40N2O5/c1-6-17-30(26-27(33)37-29(4,5)36-26,24-13-15-25(16-14-24)35-7-2)28(34)32-19-18-31(20-22(32)3)21-23-11-9-8-10-12-23/h8-16,22,26H,6-7,17-21H2,1-5H3/t22-,26+,30?/m0/s1. The molecule has 1 amide bonds. The number of amides is 1. The second kappa shape index (κ2) is 11.2. The fourth-order valence-corrected chi connectivity index (χ4v) is 5.71. The summed E-state index contributed by atoms with van der Waals surface area (Å²) in [7, 11) is 0. The van der Waals surface area contributed by atoms with E-state index in [1.54, 1.807) is 13.8 Å². The van der Waals surface area contributed by atoms with E-state index >= 15 is 0 Å². The molecular formula is C30H40N2O5. The first kappa shape index (κ1) is 27.1. The molecule has 1 unspecified atom stereocenters. The molecule has 2 aliphatic heterocycles. The van der Waals surface area contributed by atoms with E-state index in [1.165, 1.54) is 5.56 Å². The number of hydrogen-bond donors (Lipinski definition) is 0. The Bertz CT molecular complexity index is 1070. The molecule has 7 nitrogen and oxygen atoms in total. The van der Waals surface area contributed by atoms with Gasteiger partial charge in [-0.2, -0.15) is 0 Å². The van der Waals surface area contributed by atoms with Gasteiger partial charge in [0.1, 0.15) is 11.2 Å². The summed E-state index contributed by atoms with van der Waals surface area (Å²) in [6, 6.07) is 17.9. The molecule has 0 aliphatic carbocycles. The number of ether oxygens (including phenoxy) is 3. The number of carbonyl (C=O) groups is 2. The number of cyclic esters (lactones) is 1. The second-order valence-corrected chi connectivity index (χ2v) is 10.6. The molecule has 0 spiro atoms. The van der Waals surface area contributed by atoms with E-state index < -0.39 is 23.3 Å². The summed E-state index contributed by atoms with van der Waals surface area (Å²) in [5.41, 5.74) is 0.815. The Morgan fingerprint density at radius 1 is 1.08 bits per heavy atom. The summed E-state index contributed by atoms with van der Waals surface area (Å²) in [5, 5.41) is 0. The maximum atomic E-state index is 14.6. The van der Waals surface area contributed by atoms with Crippen molar-refractivity contribution in [2.75, 3.05) is 26.2 Å². The van der Waals surface area contributed by atoms with Crippen LogP contribution in [0.15, 0.2) is 54.6 Å². The van der Waals surface area contributed by atoms with E-state index in [-0.39, 0.29) is 11.9 Å². The molecule has 37 heavy (non-hydrogen) atoms. The van der Waals surface area contributed by atoms with Crippen molar-refractivity contribution in [3.63, 3.8) is 0 Å². The van der Waals surface area contributed by atoms with E-state index in [0.29, 0.717) is 26.0 Å². The average Bonchev–Trinajstić information content (AvgIpc) is 3.16. The van der Waals surface area contributed by atoms with Crippen LogP contribution in [0.3, 0.4) is 0 Å². The molecular weight excluding hydrogens is 468 g/mol. The zero-order valence-electron chi connectivity index (χ0n) is 22.7. The van der Waals surface area contributed by atoms with Crippen molar-refractivity contribution < 1.29 is 23.8 Å². The lowest BCUT2D eigenvalue weighted by atomic mass is 9.70. The highest BCUT2D eigenvalue weighted by Crippen LogP contribution is 2.43.